The Labute approximate surface area is 141 Å². The van der Waals surface area contributed by atoms with Gasteiger partial charge in [0, 0.05) is 24.5 Å². The molecule has 1 aliphatic rings. The van der Waals surface area contributed by atoms with E-state index in [0.717, 1.165) is 17.1 Å². The second-order valence-corrected chi connectivity index (χ2v) is 6.95. The Morgan fingerprint density at radius 2 is 2.26 bits per heavy atom. The summed E-state index contributed by atoms with van der Waals surface area (Å²) in [5.41, 5.74) is 1.05. The third-order valence-electron chi connectivity index (χ3n) is 4.10. The summed E-state index contributed by atoms with van der Waals surface area (Å²) in [5.74, 6) is 1.60. The van der Waals surface area contributed by atoms with Crippen molar-refractivity contribution in [2.75, 3.05) is 25.2 Å². The second-order valence-electron chi connectivity index (χ2n) is 5.80. The fraction of sp³-hybridized carbons (Fsp3) is 0.529. The number of carbonyl (C=O) groups is 2. The van der Waals surface area contributed by atoms with Crippen molar-refractivity contribution in [3.8, 4) is 5.75 Å². The number of amides is 1. The van der Waals surface area contributed by atoms with Gasteiger partial charge in [-0.25, -0.2) is 0 Å². The Hall–Kier alpha value is -1.69. The van der Waals surface area contributed by atoms with Crippen LogP contribution in [0, 0.1) is 0 Å². The Bertz CT molecular complexity index is 563. The number of nitrogens with zero attached hydrogens (tertiary/aromatic N) is 1. The van der Waals surface area contributed by atoms with Crippen molar-refractivity contribution in [3.05, 3.63) is 29.8 Å². The third kappa shape index (κ3) is 4.89. The van der Waals surface area contributed by atoms with Crippen molar-refractivity contribution in [1.29, 1.82) is 0 Å². The monoisotopic (exact) mass is 337 g/mol. The molecule has 1 aliphatic heterocycles. The standard InChI is InChI=1S/C17H23NO4S/c1-12(13-4-3-5-15(9-13)22-2)8-16(19)18-6-7-23-11-14(18)10-17(20)21/h3-5,9,12,14H,6-8,10-11H2,1-2H3,(H,20,21). The number of aliphatic carboxylic acids is 1. The minimum Gasteiger partial charge on any atom is -0.497 e. The molecule has 1 amide bonds. The third-order valence-corrected chi connectivity index (χ3v) is 5.19. The van der Waals surface area contributed by atoms with Gasteiger partial charge in [0.05, 0.1) is 19.6 Å². The molecule has 1 N–H and O–H groups in total. The van der Waals surface area contributed by atoms with Gasteiger partial charge < -0.3 is 14.7 Å². The van der Waals surface area contributed by atoms with E-state index < -0.39 is 5.97 Å². The van der Waals surface area contributed by atoms with Crippen molar-refractivity contribution in [3.63, 3.8) is 0 Å². The molecule has 0 aromatic heterocycles. The number of carbonyl (C=O) groups excluding carboxylic acids is 1. The minimum atomic E-state index is -0.851. The van der Waals surface area contributed by atoms with Crippen LogP contribution in [0.15, 0.2) is 24.3 Å². The molecule has 0 saturated carbocycles. The quantitative estimate of drug-likeness (QED) is 0.864. The van der Waals surface area contributed by atoms with Crippen LogP contribution in [0.1, 0.15) is 31.2 Å². The van der Waals surface area contributed by atoms with Gasteiger partial charge in [0.25, 0.3) is 0 Å². The van der Waals surface area contributed by atoms with Gasteiger partial charge in [-0.05, 0) is 23.6 Å². The maximum Gasteiger partial charge on any atom is 0.305 e. The SMILES string of the molecule is COc1cccc(C(C)CC(=O)N2CCSCC2CC(=O)O)c1. The fourth-order valence-electron chi connectivity index (χ4n) is 2.80. The number of hydrogen-bond acceptors (Lipinski definition) is 4. The van der Waals surface area contributed by atoms with Crippen LogP contribution in [0.25, 0.3) is 0 Å². The van der Waals surface area contributed by atoms with Crippen LogP contribution < -0.4 is 4.74 Å². The Morgan fingerprint density at radius 3 is 2.96 bits per heavy atom. The molecule has 6 heteroatoms. The van der Waals surface area contributed by atoms with Crippen molar-refractivity contribution in [2.24, 2.45) is 0 Å². The number of ether oxygens (including phenoxy) is 1. The van der Waals surface area contributed by atoms with E-state index >= 15 is 0 Å². The van der Waals surface area contributed by atoms with E-state index in [1.54, 1.807) is 23.8 Å². The van der Waals surface area contributed by atoms with E-state index in [-0.39, 0.29) is 24.3 Å². The van der Waals surface area contributed by atoms with E-state index in [1.165, 1.54) is 0 Å². The lowest BCUT2D eigenvalue weighted by Gasteiger charge is -2.35. The normalized spacial score (nSPS) is 19.2. The number of carboxylic acids is 1. The van der Waals surface area contributed by atoms with Gasteiger partial charge in [-0.1, -0.05) is 19.1 Å². The van der Waals surface area contributed by atoms with Gasteiger partial charge in [0.15, 0.2) is 0 Å². The van der Waals surface area contributed by atoms with Crippen LogP contribution in [0.3, 0.4) is 0 Å². The zero-order valence-electron chi connectivity index (χ0n) is 13.5. The van der Waals surface area contributed by atoms with Gasteiger partial charge in [0.1, 0.15) is 5.75 Å². The van der Waals surface area contributed by atoms with Crippen molar-refractivity contribution < 1.29 is 19.4 Å². The fourth-order valence-corrected chi connectivity index (χ4v) is 3.86. The molecule has 0 spiro atoms. The summed E-state index contributed by atoms with van der Waals surface area (Å²) in [6.45, 7) is 2.64. The highest BCUT2D eigenvalue weighted by molar-refractivity contribution is 7.99. The first-order valence-corrected chi connectivity index (χ1v) is 8.89. The van der Waals surface area contributed by atoms with Crippen molar-refractivity contribution in [1.82, 2.24) is 4.90 Å². The van der Waals surface area contributed by atoms with E-state index in [9.17, 15) is 9.59 Å². The molecule has 1 aromatic carbocycles. The predicted molar refractivity (Wildman–Crippen MR) is 91.1 cm³/mol. The summed E-state index contributed by atoms with van der Waals surface area (Å²) >= 11 is 1.71. The first-order valence-electron chi connectivity index (χ1n) is 7.74. The molecule has 5 nitrogen and oxygen atoms in total. The predicted octanol–water partition coefficient (Wildman–Crippen LogP) is 2.61. The molecule has 1 heterocycles. The van der Waals surface area contributed by atoms with Crippen molar-refractivity contribution in [2.45, 2.75) is 31.7 Å². The van der Waals surface area contributed by atoms with Gasteiger partial charge in [-0.15, -0.1) is 0 Å². The number of rotatable bonds is 6. The summed E-state index contributed by atoms with van der Waals surface area (Å²) < 4.78 is 5.22. The van der Waals surface area contributed by atoms with E-state index in [2.05, 4.69) is 0 Å². The van der Waals surface area contributed by atoms with E-state index in [4.69, 9.17) is 9.84 Å². The van der Waals surface area contributed by atoms with Gasteiger partial charge in [-0.3, -0.25) is 9.59 Å². The Morgan fingerprint density at radius 1 is 1.48 bits per heavy atom. The van der Waals surface area contributed by atoms with Gasteiger partial charge >= 0.3 is 5.97 Å². The summed E-state index contributed by atoms with van der Waals surface area (Å²) in [6.07, 6.45) is 0.403. The molecule has 0 bridgehead atoms. The summed E-state index contributed by atoms with van der Waals surface area (Å²) in [4.78, 5) is 25.4. The van der Waals surface area contributed by atoms with Crippen LogP contribution in [0.5, 0.6) is 5.75 Å². The molecule has 1 saturated heterocycles. The number of methoxy groups -OCH3 is 1. The molecule has 0 aliphatic carbocycles. The lowest BCUT2D eigenvalue weighted by Crippen LogP contribution is -2.47. The molecule has 2 atom stereocenters. The first-order chi connectivity index (χ1) is 11.0. The molecule has 2 rings (SSSR count). The van der Waals surface area contributed by atoms with Crippen LogP contribution in [0.4, 0.5) is 0 Å². The molecular weight excluding hydrogens is 314 g/mol. The molecule has 23 heavy (non-hydrogen) atoms. The zero-order valence-corrected chi connectivity index (χ0v) is 14.3. The maximum atomic E-state index is 12.6. The lowest BCUT2D eigenvalue weighted by molar-refractivity contribution is -0.140. The van der Waals surface area contributed by atoms with E-state index in [1.807, 2.05) is 31.2 Å². The topological polar surface area (TPSA) is 66.8 Å². The zero-order chi connectivity index (χ0) is 16.8. The number of hydrogen-bond donors (Lipinski definition) is 1. The van der Waals surface area contributed by atoms with Crippen LogP contribution in [-0.2, 0) is 9.59 Å². The highest BCUT2D eigenvalue weighted by Crippen LogP contribution is 2.26. The maximum absolute atomic E-state index is 12.6. The summed E-state index contributed by atoms with van der Waals surface area (Å²) in [5, 5.41) is 9.02. The molecule has 0 radical (unpaired) electrons. The average Bonchev–Trinajstić information content (AvgIpc) is 2.54. The van der Waals surface area contributed by atoms with Gasteiger partial charge in [0.2, 0.25) is 5.91 Å². The highest BCUT2D eigenvalue weighted by Gasteiger charge is 2.29. The lowest BCUT2D eigenvalue weighted by atomic mass is 9.96. The number of carboxylic acid groups (broad SMARTS) is 1. The van der Waals surface area contributed by atoms with Crippen LogP contribution in [0.2, 0.25) is 0 Å². The summed E-state index contributed by atoms with van der Waals surface area (Å²) in [7, 11) is 1.62. The van der Waals surface area contributed by atoms with Crippen molar-refractivity contribution >= 4 is 23.6 Å². The first kappa shape index (κ1) is 17.7. The molecule has 1 fully saturated rings. The number of thioether (sulfide) groups is 1. The molecule has 1 aromatic rings. The highest BCUT2D eigenvalue weighted by atomic mass is 32.2. The van der Waals surface area contributed by atoms with E-state index in [0.29, 0.717) is 18.7 Å². The minimum absolute atomic E-state index is 0.0201. The molecule has 2 unspecified atom stereocenters. The second kappa shape index (κ2) is 8.24. The van der Waals surface area contributed by atoms with Crippen LogP contribution >= 0.6 is 11.8 Å². The van der Waals surface area contributed by atoms with Gasteiger partial charge in [-0.2, -0.15) is 11.8 Å². The number of benzene rings is 1. The van der Waals surface area contributed by atoms with Crippen LogP contribution in [-0.4, -0.2) is 53.1 Å². The average molecular weight is 337 g/mol. The Balaban J connectivity index is 2.02. The Kier molecular flexibility index (Phi) is 6.33. The molecule has 126 valence electrons. The molecular formula is C17H23NO4S. The largest absolute Gasteiger partial charge is 0.497 e. The summed E-state index contributed by atoms with van der Waals surface area (Å²) in [6, 6.07) is 7.53. The smallest absolute Gasteiger partial charge is 0.305 e.